The lowest BCUT2D eigenvalue weighted by atomic mass is 10.0. The van der Waals surface area contributed by atoms with Gasteiger partial charge in [0.25, 0.3) is 0 Å². The van der Waals surface area contributed by atoms with Crippen LogP contribution in [0.2, 0.25) is 0 Å². The second-order valence-corrected chi connectivity index (χ2v) is 2.78. The van der Waals surface area contributed by atoms with Crippen molar-refractivity contribution in [2.45, 2.75) is 19.3 Å². The molecule has 0 aromatic rings. The van der Waals surface area contributed by atoms with Gasteiger partial charge in [-0.3, -0.25) is 10.2 Å². The van der Waals surface area contributed by atoms with Gasteiger partial charge in [0.15, 0.2) is 0 Å². The van der Waals surface area contributed by atoms with Crippen molar-refractivity contribution in [1.29, 1.82) is 0 Å². The molecule has 0 bridgehead atoms. The predicted molar refractivity (Wildman–Crippen MR) is 40.5 cm³/mol. The van der Waals surface area contributed by atoms with Crippen LogP contribution in [0, 0.1) is 5.92 Å². The summed E-state index contributed by atoms with van der Waals surface area (Å²) in [6, 6.07) is 0. The molecule has 4 nitrogen and oxygen atoms in total. The van der Waals surface area contributed by atoms with Crippen LogP contribution < -0.4 is 11.3 Å². The number of amides is 1. The van der Waals surface area contributed by atoms with E-state index in [9.17, 15) is 4.79 Å². The Balaban J connectivity index is 2.36. The minimum Gasteiger partial charge on any atom is -0.381 e. The van der Waals surface area contributed by atoms with Gasteiger partial charge in [-0.25, -0.2) is 5.84 Å². The second kappa shape index (κ2) is 4.31. The Morgan fingerprint density at radius 2 is 2.36 bits per heavy atom. The highest BCUT2D eigenvalue weighted by molar-refractivity contribution is 5.78. The van der Waals surface area contributed by atoms with Crippen molar-refractivity contribution in [2.24, 2.45) is 11.8 Å². The Morgan fingerprint density at radius 1 is 1.55 bits per heavy atom. The molecule has 1 rings (SSSR count). The maximum Gasteiger partial charge on any atom is 0.239 e. The summed E-state index contributed by atoms with van der Waals surface area (Å²) in [6.07, 6.45) is 3.00. The fraction of sp³-hybridized carbons (Fsp3) is 0.857. The highest BCUT2D eigenvalue weighted by Crippen LogP contribution is 2.13. The highest BCUT2D eigenvalue weighted by atomic mass is 16.5. The molecule has 3 N–H and O–H groups in total. The summed E-state index contributed by atoms with van der Waals surface area (Å²) in [5, 5.41) is 0. The average molecular weight is 158 g/mol. The lowest BCUT2D eigenvalue weighted by Gasteiger charge is -2.10. The van der Waals surface area contributed by atoms with E-state index in [2.05, 4.69) is 5.43 Å². The summed E-state index contributed by atoms with van der Waals surface area (Å²) in [6.45, 7) is 1.29. The van der Waals surface area contributed by atoms with Crippen molar-refractivity contribution in [3.8, 4) is 0 Å². The first-order valence-corrected chi connectivity index (χ1v) is 3.93. The molecule has 1 aliphatic rings. The fourth-order valence-electron chi connectivity index (χ4n) is 1.23. The maximum atomic E-state index is 11.0. The number of ether oxygens (including phenoxy) is 1. The lowest BCUT2D eigenvalue weighted by molar-refractivity contribution is -0.126. The summed E-state index contributed by atoms with van der Waals surface area (Å²) >= 11 is 0. The first-order chi connectivity index (χ1) is 5.34. The third kappa shape index (κ3) is 2.48. The molecular weight excluding hydrogens is 144 g/mol. The Labute approximate surface area is 66.1 Å². The SMILES string of the molecule is NNC(=O)C1CCCCOC1. The number of nitrogens with two attached hydrogens (primary N) is 1. The van der Waals surface area contributed by atoms with Gasteiger partial charge in [0, 0.05) is 6.61 Å². The smallest absolute Gasteiger partial charge is 0.239 e. The van der Waals surface area contributed by atoms with Crippen LogP contribution in [0.5, 0.6) is 0 Å². The summed E-state index contributed by atoms with van der Waals surface area (Å²) in [7, 11) is 0. The van der Waals surface area contributed by atoms with Gasteiger partial charge in [-0.05, 0) is 12.8 Å². The molecule has 0 aromatic heterocycles. The van der Waals surface area contributed by atoms with E-state index in [0.717, 1.165) is 25.9 Å². The molecule has 1 heterocycles. The van der Waals surface area contributed by atoms with Crippen molar-refractivity contribution in [1.82, 2.24) is 5.43 Å². The van der Waals surface area contributed by atoms with E-state index in [1.54, 1.807) is 0 Å². The largest absolute Gasteiger partial charge is 0.381 e. The Morgan fingerprint density at radius 3 is 3.09 bits per heavy atom. The predicted octanol–water partition coefficient (Wildman–Crippen LogP) is -0.207. The van der Waals surface area contributed by atoms with Crippen molar-refractivity contribution >= 4 is 5.91 Å². The van der Waals surface area contributed by atoms with E-state index in [4.69, 9.17) is 10.6 Å². The number of nitrogens with one attached hydrogen (secondary N) is 1. The molecule has 1 aliphatic heterocycles. The molecule has 1 atom stereocenters. The molecule has 0 aromatic carbocycles. The molecule has 0 radical (unpaired) electrons. The molecule has 1 fully saturated rings. The van der Waals surface area contributed by atoms with E-state index in [1.165, 1.54) is 0 Å². The van der Waals surface area contributed by atoms with Gasteiger partial charge in [0.05, 0.1) is 12.5 Å². The van der Waals surface area contributed by atoms with Crippen molar-refractivity contribution in [3.63, 3.8) is 0 Å². The first kappa shape index (κ1) is 8.49. The van der Waals surface area contributed by atoms with Gasteiger partial charge in [-0.2, -0.15) is 0 Å². The Hall–Kier alpha value is -0.610. The zero-order valence-electron chi connectivity index (χ0n) is 6.51. The van der Waals surface area contributed by atoms with Crippen LogP contribution in [0.1, 0.15) is 19.3 Å². The normalized spacial score (nSPS) is 25.7. The van der Waals surface area contributed by atoms with Crippen molar-refractivity contribution < 1.29 is 9.53 Å². The van der Waals surface area contributed by atoms with Gasteiger partial charge in [-0.1, -0.05) is 6.42 Å². The molecule has 0 aliphatic carbocycles. The zero-order valence-corrected chi connectivity index (χ0v) is 6.51. The standard InChI is InChI=1S/C7H14N2O2/c8-9-7(10)6-3-1-2-4-11-5-6/h6H,1-5,8H2,(H,9,10). The summed E-state index contributed by atoms with van der Waals surface area (Å²) in [5.74, 6) is 4.85. The Bertz CT molecular complexity index is 130. The molecule has 11 heavy (non-hydrogen) atoms. The Kier molecular flexibility index (Phi) is 3.32. The third-order valence-corrected chi connectivity index (χ3v) is 1.92. The molecular formula is C7H14N2O2. The second-order valence-electron chi connectivity index (χ2n) is 2.78. The number of hydrogen-bond acceptors (Lipinski definition) is 3. The van der Waals surface area contributed by atoms with E-state index >= 15 is 0 Å². The van der Waals surface area contributed by atoms with Gasteiger partial charge >= 0.3 is 0 Å². The third-order valence-electron chi connectivity index (χ3n) is 1.92. The number of hydrazine groups is 1. The number of carbonyl (C=O) groups is 1. The van der Waals surface area contributed by atoms with E-state index in [0.29, 0.717) is 6.61 Å². The van der Waals surface area contributed by atoms with E-state index in [-0.39, 0.29) is 11.8 Å². The topological polar surface area (TPSA) is 64.3 Å². The van der Waals surface area contributed by atoms with Crippen LogP contribution in [-0.4, -0.2) is 19.1 Å². The molecule has 4 heteroatoms. The van der Waals surface area contributed by atoms with Gasteiger partial charge in [0.2, 0.25) is 5.91 Å². The molecule has 1 saturated heterocycles. The fourth-order valence-corrected chi connectivity index (χ4v) is 1.23. The monoisotopic (exact) mass is 158 g/mol. The van der Waals surface area contributed by atoms with E-state index < -0.39 is 0 Å². The van der Waals surface area contributed by atoms with Crippen LogP contribution in [0.4, 0.5) is 0 Å². The number of rotatable bonds is 1. The van der Waals surface area contributed by atoms with E-state index in [1.807, 2.05) is 0 Å². The summed E-state index contributed by atoms with van der Waals surface area (Å²) in [4.78, 5) is 11.0. The van der Waals surface area contributed by atoms with Gasteiger partial charge in [0.1, 0.15) is 0 Å². The molecule has 0 spiro atoms. The molecule has 1 unspecified atom stereocenters. The quantitative estimate of drug-likeness (QED) is 0.315. The summed E-state index contributed by atoms with van der Waals surface area (Å²) < 4.78 is 5.21. The molecule has 64 valence electrons. The first-order valence-electron chi connectivity index (χ1n) is 3.93. The highest BCUT2D eigenvalue weighted by Gasteiger charge is 2.19. The van der Waals surface area contributed by atoms with Crippen molar-refractivity contribution in [3.05, 3.63) is 0 Å². The summed E-state index contributed by atoms with van der Waals surface area (Å²) in [5.41, 5.74) is 2.14. The molecule has 0 saturated carbocycles. The van der Waals surface area contributed by atoms with Crippen LogP contribution >= 0.6 is 0 Å². The van der Waals surface area contributed by atoms with Crippen LogP contribution in [0.3, 0.4) is 0 Å². The molecule has 1 amide bonds. The van der Waals surface area contributed by atoms with Crippen LogP contribution in [0.25, 0.3) is 0 Å². The maximum absolute atomic E-state index is 11.0. The van der Waals surface area contributed by atoms with Gasteiger partial charge in [-0.15, -0.1) is 0 Å². The minimum absolute atomic E-state index is 0.0394. The average Bonchev–Trinajstić information content (AvgIpc) is 2.30. The zero-order chi connectivity index (χ0) is 8.10. The minimum atomic E-state index is -0.105. The van der Waals surface area contributed by atoms with Crippen LogP contribution in [-0.2, 0) is 9.53 Å². The lowest BCUT2D eigenvalue weighted by Crippen LogP contribution is -2.37. The van der Waals surface area contributed by atoms with Crippen molar-refractivity contribution in [2.75, 3.05) is 13.2 Å². The van der Waals surface area contributed by atoms with Crippen LogP contribution in [0.15, 0.2) is 0 Å². The van der Waals surface area contributed by atoms with Gasteiger partial charge < -0.3 is 4.74 Å². The number of hydrogen-bond donors (Lipinski definition) is 2. The number of carbonyl (C=O) groups excluding carboxylic acids is 1.